The first-order valence-corrected chi connectivity index (χ1v) is 22.4. The molecule has 5 heteroatoms. The molecule has 0 aromatic carbocycles. The van der Waals surface area contributed by atoms with Gasteiger partial charge in [0.2, 0.25) is 0 Å². The molecule has 0 saturated carbocycles. The van der Waals surface area contributed by atoms with E-state index in [1.54, 1.807) is 0 Å². The van der Waals surface area contributed by atoms with E-state index in [0.717, 1.165) is 109 Å². The van der Waals surface area contributed by atoms with Gasteiger partial charge in [-0.2, -0.15) is 0 Å². The van der Waals surface area contributed by atoms with Crippen LogP contribution in [0.4, 0.5) is 0 Å². The van der Waals surface area contributed by atoms with Crippen LogP contribution in [0.3, 0.4) is 0 Å². The average molecular weight is 775 g/mol. The maximum atomic E-state index is 12.2. The Morgan fingerprint density at radius 2 is 0.768 bits per heavy atom. The van der Waals surface area contributed by atoms with E-state index in [-0.39, 0.29) is 25.2 Å². The van der Waals surface area contributed by atoms with Crippen LogP contribution in [0.25, 0.3) is 0 Å². The normalized spacial score (nSPS) is 13.3. The molecule has 56 heavy (non-hydrogen) atoms. The van der Waals surface area contributed by atoms with Crippen molar-refractivity contribution in [3.8, 4) is 0 Å². The van der Waals surface area contributed by atoms with Crippen molar-refractivity contribution in [3.63, 3.8) is 0 Å². The van der Waals surface area contributed by atoms with Crippen LogP contribution in [-0.2, 0) is 19.1 Å². The molecular weight excluding hydrogens is 693 g/mol. The third-order valence-electron chi connectivity index (χ3n) is 9.03. The fourth-order valence-electron chi connectivity index (χ4n) is 5.69. The molecule has 0 spiro atoms. The summed E-state index contributed by atoms with van der Waals surface area (Å²) in [6, 6.07) is 0. The summed E-state index contributed by atoms with van der Waals surface area (Å²) >= 11 is 0. The van der Waals surface area contributed by atoms with Gasteiger partial charge in [-0.15, -0.1) is 0 Å². The number of rotatable bonds is 39. The van der Waals surface area contributed by atoms with Crippen LogP contribution in [-0.4, -0.2) is 36.4 Å². The van der Waals surface area contributed by atoms with Crippen molar-refractivity contribution in [2.45, 2.75) is 187 Å². The minimum Gasteiger partial charge on any atom is -0.462 e. The van der Waals surface area contributed by atoms with Crippen LogP contribution in [0.2, 0.25) is 0 Å². The minimum atomic E-state index is -0.790. The second-order valence-corrected chi connectivity index (χ2v) is 14.4. The lowest BCUT2D eigenvalue weighted by atomic mass is 10.1. The largest absolute Gasteiger partial charge is 0.462 e. The van der Waals surface area contributed by atoms with Crippen LogP contribution in [0.1, 0.15) is 181 Å². The molecule has 1 atom stereocenters. The zero-order valence-electron chi connectivity index (χ0n) is 35.8. The molecule has 0 heterocycles. The molecule has 0 aliphatic rings. The van der Waals surface area contributed by atoms with Crippen molar-refractivity contribution in [2.24, 2.45) is 0 Å². The van der Waals surface area contributed by atoms with E-state index in [9.17, 15) is 14.7 Å². The first-order valence-electron chi connectivity index (χ1n) is 22.4. The highest BCUT2D eigenvalue weighted by Gasteiger charge is 2.16. The molecule has 1 N–H and O–H groups in total. The van der Waals surface area contributed by atoms with Crippen molar-refractivity contribution < 1.29 is 24.2 Å². The molecular formula is C51H82O5. The van der Waals surface area contributed by atoms with E-state index in [0.29, 0.717) is 12.8 Å². The Hall–Kier alpha value is -3.44. The van der Waals surface area contributed by atoms with E-state index in [2.05, 4.69) is 123 Å². The number of carbonyl (C=O) groups excluding carboxylic acids is 2. The Labute approximate surface area is 344 Å². The van der Waals surface area contributed by atoms with Gasteiger partial charge in [-0.25, -0.2) is 0 Å². The number of hydrogen-bond donors (Lipinski definition) is 1. The van der Waals surface area contributed by atoms with E-state index >= 15 is 0 Å². The van der Waals surface area contributed by atoms with Gasteiger partial charge in [0.25, 0.3) is 0 Å². The Bertz CT molecular complexity index is 1150. The highest BCUT2D eigenvalue weighted by Crippen LogP contribution is 2.12. The van der Waals surface area contributed by atoms with Gasteiger partial charge in [0.05, 0.1) is 6.61 Å². The molecule has 0 aliphatic heterocycles. The van der Waals surface area contributed by atoms with Crippen LogP contribution in [0.15, 0.2) is 109 Å². The molecule has 0 saturated heterocycles. The molecule has 1 unspecified atom stereocenters. The number of carbonyl (C=O) groups is 2. The predicted molar refractivity (Wildman–Crippen MR) is 242 cm³/mol. The molecule has 0 aliphatic carbocycles. The summed E-state index contributed by atoms with van der Waals surface area (Å²) in [6.45, 7) is 3.92. The van der Waals surface area contributed by atoms with Crippen molar-refractivity contribution in [1.29, 1.82) is 0 Å². The number of aliphatic hydroxyl groups excluding tert-OH is 1. The van der Waals surface area contributed by atoms with Gasteiger partial charge in [-0.3, -0.25) is 9.59 Å². The Balaban J connectivity index is 3.63. The van der Waals surface area contributed by atoms with Gasteiger partial charge in [0, 0.05) is 12.8 Å². The number of aliphatic hydroxyl groups is 1. The zero-order valence-corrected chi connectivity index (χ0v) is 35.8. The van der Waals surface area contributed by atoms with Crippen LogP contribution >= 0.6 is 0 Å². The van der Waals surface area contributed by atoms with Crippen molar-refractivity contribution in [3.05, 3.63) is 109 Å². The van der Waals surface area contributed by atoms with Gasteiger partial charge in [-0.1, -0.05) is 181 Å². The van der Waals surface area contributed by atoms with Gasteiger partial charge < -0.3 is 14.6 Å². The maximum Gasteiger partial charge on any atom is 0.306 e. The van der Waals surface area contributed by atoms with E-state index < -0.39 is 6.10 Å². The highest BCUT2D eigenvalue weighted by molar-refractivity contribution is 5.70. The third kappa shape index (κ3) is 43.3. The SMILES string of the molecule is CC/C=C\C/C=C\C/C=C\C/C=C\C/C=C\C/C=C\C/C=C\CCCCCCCCCC(=O)OC(CO)COC(=O)CCCCCCC/C=C\C/C=C\CCC. The zero-order chi connectivity index (χ0) is 40.7. The molecule has 0 aromatic rings. The van der Waals surface area contributed by atoms with Crippen molar-refractivity contribution in [2.75, 3.05) is 13.2 Å². The lowest BCUT2D eigenvalue weighted by Gasteiger charge is -2.15. The molecule has 0 rings (SSSR count). The monoisotopic (exact) mass is 775 g/mol. The molecule has 0 bridgehead atoms. The summed E-state index contributed by atoms with van der Waals surface area (Å²) in [7, 11) is 0. The second-order valence-electron chi connectivity index (χ2n) is 14.4. The number of hydrogen-bond acceptors (Lipinski definition) is 5. The fraction of sp³-hybridized carbons (Fsp3) is 0.608. The summed E-state index contributed by atoms with van der Waals surface area (Å²) in [5, 5.41) is 9.58. The van der Waals surface area contributed by atoms with E-state index in [4.69, 9.17) is 9.47 Å². The number of allylic oxidation sites excluding steroid dienone is 18. The third-order valence-corrected chi connectivity index (χ3v) is 9.03. The predicted octanol–water partition coefficient (Wildman–Crippen LogP) is 14.6. The molecule has 0 amide bonds. The van der Waals surface area contributed by atoms with Crippen molar-refractivity contribution >= 4 is 11.9 Å². The van der Waals surface area contributed by atoms with Crippen molar-refractivity contribution in [1.82, 2.24) is 0 Å². The second kappa shape index (κ2) is 45.9. The summed E-state index contributed by atoms with van der Waals surface area (Å²) in [6.07, 6.45) is 65.9. The minimum absolute atomic E-state index is 0.0846. The Kier molecular flexibility index (Phi) is 43.1. The summed E-state index contributed by atoms with van der Waals surface area (Å²) in [4.78, 5) is 24.3. The fourth-order valence-corrected chi connectivity index (χ4v) is 5.69. The molecule has 0 aromatic heterocycles. The van der Waals surface area contributed by atoms with Crippen LogP contribution < -0.4 is 0 Å². The molecule has 316 valence electrons. The summed E-state index contributed by atoms with van der Waals surface area (Å²) in [5.41, 5.74) is 0. The Morgan fingerprint density at radius 1 is 0.429 bits per heavy atom. The lowest BCUT2D eigenvalue weighted by Crippen LogP contribution is -2.28. The van der Waals surface area contributed by atoms with Gasteiger partial charge in [0.15, 0.2) is 6.10 Å². The summed E-state index contributed by atoms with van der Waals surface area (Å²) < 4.78 is 10.6. The Morgan fingerprint density at radius 3 is 1.16 bits per heavy atom. The molecule has 5 nitrogen and oxygen atoms in total. The first kappa shape index (κ1) is 52.6. The average Bonchev–Trinajstić information content (AvgIpc) is 3.20. The highest BCUT2D eigenvalue weighted by atomic mass is 16.6. The van der Waals surface area contributed by atoms with Gasteiger partial charge in [-0.05, 0) is 96.3 Å². The quantitative estimate of drug-likeness (QED) is 0.0382. The first-order chi connectivity index (χ1) is 27.6. The van der Waals surface area contributed by atoms with E-state index in [1.165, 1.54) is 44.9 Å². The standard InChI is InChI=1S/C51H82O5/c1-3-5-7-9-11-13-15-17-18-19-20-21-22-23-24-25-26-27-28-29-30-31-32-34-36-38-40-42-44-46-51(54)56-49(47-52)48-55-50(53)45-43-41-39-37-35-33-16-14-12-10-8-6-4-2/h5,7-8,10-11,13-14,16-18,20-21,23-24,26-27,29-30,49,52H,3-4,6,9,12,15,19,22,25,28,31-48H2,1-2H3/b7-5-,10-8-,13-11-,16-14-,18-17-,21-20-,24-23-,27-26-,30-29-. The van der Waals surface area contributed by atoms with Crippen LogP contribution in [0.5, 0.6) is 0 Å². The van der Waals surface area contributed by atoms with E-state index in [1.807, 2.05) is 0 Å². The van der Waals surface area contributed by atoms with Gasteiger partial charge in [0.1, 0.15) is 6.61 Å². The van der Waals surface area contributed by atoms with Gasteiger partial charge >= 0.3 is 11.9 Å². The molecule has 0 radical (unpaired) electrons. The lowest BCUT2D eigenvalue weighted by molar-refractivity contribution is -0.161. The smallest absolute Gasteiger partial charge is 0.306 e. The maximum absolute atomic E-state index is 12.2. The number of unbranched alkanes of at least 4 members (excludes halogenated alkanes) is 13. The van der Waals surface area contributed by atoms with Crippen LogP contribution in [0, 0.1) is 0 Å². The number of esters is 2. The number of ether oxygens (including phenoxy) is 2. The molecule has 0 fully saturated rings. The summed E-state index contributed by atoms with van der Waals surface area (Å²) in [5.74, 6) is -0.630. The topological polar surface area (TPSA) is 72.8 Å².